The Balaban J connectivity index is 2.05. The molecule has 1 aromatic rings. The van der Waals surface area contributed by atoms with E-state index in [-0.39, 0.29) is 0 Å². The maximum absolute atomic E-state index is 4.45. The molecule has 3 nitrogen and oxygen atoms in total. The summed E-state index contributed by atoms with van der Waals surface area (Å²) >= 11 is 3.44. The lowest BCUT2D eigenvalue weighted by molar-refractivity contribution is 0.787. The van der Waals surface area contributed by atoms with Gasteiger partial charge in [0.25, 0.3) is 0 Å². The van der Waals surface area contributed by atoms with Crippen LogP contribution in [-0.4, -0.2) is 24.1 Å². The van der Waals surface area contributed by atoms with E-state index in [1.54, 1.807) is 0 Å². The highest BCUT2D eigenvalue weighted by Crippen LogP contribution is 2.17. The Morgan fingerprint density at radius 3 is 3.07 bits per heavy atom. The zero-order valence-electron chi connectivity index (χ0n) is 8.18. The van der Waals surface area contributed by atoms with Gasteiger partial charge in [-0.05, 0) is 48.0 Å². The number of nitrogens with one attached hydrogen (secondary N) is 2. The van der Waals surface area contributed by atoms with Crippen molar-refractivity contribution >= 4 is 21.7 Å². The van der Waals surface area contributed by atoms with E-state index in [1.807, 2.05) is 19.1 Å². The third kappa shape index (κ3) is 2.25. The van der Waals surface area contributed by atoms with Gasteiger partial charge in [-0.25, -0.2) is 4.98 Å². The molecule has 76 valence electrons. The first-order valence-electron chi connectivity index (χ1n) is 4.86. The number of halogens is 1. The van der Waals surface area contributed by atoms with Crippen molar-refractivity contribution in [2.24, 2.45) is 0 Å². The number of anilines is 1. The van der Waals surface area contributed by atoms with E-state index in [0.717, 1.165) is 29.1 Å². The van der Waals surface area contributed by atoms with Gasteiger partial charge < -0.3 is 10.6 Å². The number of nitrogens with zero attached hydrogens (tertiary/aromatic N) is 1. The molecular formula is C10H14BrN3. The second kappa shape index (κ2) is 4.28. The first-order valence-corrected chi connectivity index (χ1v) is 5.65. The van der Waals surface area contributed by atoms with Gasteiger partial charge in [0.1, 0.15) is 5.82 Å². The molecule has 14 heavy (non-hydrogen) atoms. The summed E-state index contributed by atoms with van der Waals surface area (Å²) in [4.78, 5) is 4.45. The second-order valence-corrected chi connectivity index (χ2v) is 4.45. The van der Waals surface area contributed by atoms with Crippen LogP contribution < -0.4 is 10.6 Å². The van der Waals surface area contributed by atoms with Crippen LogP contribution in [0.4, 0.5) is 5.82 Å². The fraction of sp³-hybridized carbons (Fsp3) is 0.500. The van der Waals surface area contributed by atoms with E-state index >= 15 is 0 Å². The van der Waals surface area contributed by atoms with Gasteiger partial charge in [0, 0.05) is 17.1 Å². The molecule has 0 unspecified atom stereocenters. The van der Waals surface area contributed by atoms with Crippen molar-refractivity contribution in [3.8, 4) is 0 Å². The van der Waals surface area contributed by atoms with E-state index in [0.29, 0.717) is 6.04 Å². The van der Waals surface area contributed by atoms with Gasteiger partial charge in [-0.15, -0.1) is 0 Å². The largest absolute Gasteiger partial charge is 0.366 e. The zero-order chi connectivity index (χ0) is 9.97. The highest BCUT2D eigenvalue weighted by atomic mass is 79.9. The summed E-state index contributed by atoms with van der Waals surface area (Å²) in [7, 11) is 0. The number of rotatable bonds is 2. The molecular weight excluding hydrogens is 242 g/mol. The van der Waals surface area contributed by atoms with Crippen LogP contribution in [0.5, 0.6) is 0 Å². The van der Waals surface area contributed by atoms with Crippen molar-refractivity contribution < 1.29 is 0 Å². The summed E-state index contributed by atoms with van der Waals surface area (Å²) in [5, 5.41) is 6.73. The topological polar surface area (TPSA) is 37.0 Å². The maximum atomic E-state index is 4.45. The molecule has 0 amide bonds. The van der Waals surface area contributed by atoms with Crippen molar-refractivity contribution in [1.29, 1.82) is 0 Å². The number of aryl methyl sites for hydroxylation is 1. The predicted octanol–water partition coefficient (Wildman–Crippen LogP) is 1.93. The summed E-state index contributed by atoms with van der Waals surface area (Å²) < 4.78 is 1.06. The maximum Gasteiger partial charge on any atom is 0.126 e. The molecule has 2 heterocycles. The minimum atomic E-state index is 0.531. The summed E-state index contributed by atoms with van der Waals surface area (Å²) in [6, 6.07) is 4.57. The predicted molar refractivity (Wildman–Crippen MR) is 61.6 cm³/mol. The molecule has 1 fully saturated rings. The molecule has 1 aromatic heterocycles. The van der Waals surface area contributed by atoms with Crippen molar-refractivity contribution in [2.75, 3.05) is 18.4 Å². The third-order valence-electron chi connectivity index (χ3n) is 2.43. The number of aromatic nitrogens is 1. The zero-order valence-corrected chi connectivity index (χ0v) is 9.76. The first kappa shape index (κ1) is 9.93. The SMILES string of the molecule is Cc1nc(N[C@H]2CCNC2)ccc1Br. The number of hydrogen-bond acceptors (Lipinski definition) is 3. The van der Waals surface area contributed by atoms with Crippen LogP contribution >= 0.6 is 15.9 Å². The Bertz CT molecular complexity index is 321. The molecule has 1 atom stereocenters. The Hall–Kier alpha value is -0.610. The van der Waals surface area contributed by atoms with Gasteiger partial charge in [-0.3, -0.25) is 0 Å². The van der Waals surface area contributed by atoms with Crippen LogP contribution in [0.15, 0.2) is 16.6 Å². The molecule has 0 aromatic carbocycles. The van der Waals surface area contributed by atoms with Crippen LogP contribution in [0, 0.1) is 6.92 Å². The quantitative estimate of drug-likeness (QED) is 0.848. The molecule has 1 aliphatic rings. The molecule has 0 radical (unpaired) electrons. The van der Waals surface area contributed by atoms with Gasteiger partial charge in [-0.1, -0.05) is 0 Å². The fourth-order valence-corrected chi connectivity index (χ4v) is 1.83. The smallest absolute Gasteiger partial charge is 0.126 e. The van der Waals surface area contributed by atoms with Crippen LogP contribution in [0.1, 0.15) is 12.1 Å². The van der Waals surface area contributed by atoms with E-state index < -0.39 is 0 Å². The monoisotopic (exact) mass is 255 g/mol. The molecule has 0 spiro atoms. The first-order chi connectivity index (χ1) is 6.75. The summed E-state index contributed by atoms with van der Waals surface area (Å²) in [6.07, 6.45) is 1.18. The Labute approximate surface area is 92.4 Å². The summed E-state index contributed by atoms with van der Waals surface area (Å²) in [6.45, 7) is 4.14. The normalized spacial score (nSPS) is 21.1. The molecule has 0 aliphatic carbocycles. The highest BCUT2D eigenvalue weighted by molar-refractivity contribution is 9.10. The van der Waals surface area contributed by atoms with E-state index in [9.17, 15) is 0 Å². The molecule has 2 N–H and O–H groups in total. The third-order valence-corrected chi connectivity index (χ3v) is 3.27. The fourth-order valence-electron chi connectivity index (χ4n) is 1.61. The molecule has 0 saturated carbocycles. The second-order valence-electron chi connectivity index (χ2n) is 3.60. The van der Waals surface area contributed by atoms with E-state index in [4.69, 9.17) is 0 Å². The molecule has 1 aliphatic heterocycles. The van der Waals surface area contributed by atoms with Crippen molar-refractivity contribution in [3.63, 3.8) is 0 Å². The van der Waals surface area contributed by atoms with Crippen molar-refractivity contribution in [2.45, 2.75) is 19.4 Å². The van der Waals surface area contributed by atoms with E-state index in [2.05, 4.69) is 31.5 Å². The minimum absolute atomic E-state index is 0.531. The van der Waals surface area contributed by atoms with Crippen molar-refractivity contribution in [3.05, 3.63) is 22.3 Å². The minimum Gasteiger partial charge on any atom is -0.366 e. The average molecular weight is 256 g/mol. The Kier molecular flexibility index (Phi) is 3.03. The van der Waals surface area contributed by atoms with Gasteiger partial charge in [0.15, 0.2) is 0 Å². The highest BCUT2D eigenvalue weighted by Gasteiger charge is 2.14. The molecule has 1 saturated heterocycles. The number of pyridine rings is 1. The molecule has 4 heteroatoms. The number of hydrogen-bond donors (Lipinski definition) is 2. The van der Waals surface area contributed by atoms with Crippen LogP contribution in [0.25, 0.3) is 0 Å². The average Bonchev–Trinajstić information content (AvgIpc) is 2.64. The molecule has 0 bridgehead atoms. The summed E-state index contributed by atoms with van der Waals surface area (Å²) in [5.74, 6) is 0.972. The lowest BCUT2D eigenvalue weighted by atomic mass is 10.2. The Morgan fingerprint density at radius 2 is 2.43 bits per heavy atom. The van der Waals surface area contributed by atoms with Crippen LogP contribution in [0.3, 0.4) is 0 Å². The lowest BCUT2D eigenvalue weighted by Crippen LogP contribution is -2.22. The summed E-state index contributed by atoms with van der Waals surface area (Å²) in [5.41, 5.74) is 1.03. The Morgan fingerprint density at radius 1 is 1.57 bits per heavy atom. The lowest BCUT2D eigenvalue weighted by Gasteiger charge is -2.12. The van der Waals surface area contributed by atoms with Gasteiger partial charge in [0.05, 0.1) is 5.69 Å². The van der Waals surface area contributed by atoms with Gasteiger partial charge in [0.2, 0.25) is 0 Å². The molecule has 2 rings (SSSR count). The van der Waals surface area contributed by atoms with Gasteiger partial charge >= 0.3 is 0 Å². The van der Waals surface area contributed by atoms with Crippen LogP contribution in [-0.2, 0) is 0 Å². The van der Waals surface area contributed by atoms with Gasteiger partial charge in [-0.2, -0.15) is 0 Å². The van der Waals surface area contributed by atoms with E-state index in [1.165, 1.54) is 6.42 Å². The van der Waals surface area contributed by atoms with Crippen LogP contribution in [0.2, 0.25) is 0 Å². The van der Waals surface area contributed by atoms with Crippen molar-refractivity contribution in [1.82, 2.24) is 10.3 Å². The standard InChI is InChI=1S/C10H14BrN3/c1-7-9(11)2-3-10(13-7)14-8-4-5-12-6-8/h2-3,8,12H,4-6H2,1H3,(H,13,14)/t8-/m0/s1.